The molecule has 31 heavy (non-hydrogen) atoms. The summed E-state index contributed by atoms with van der Waals surface area (Å²) in [6.07, 6.45) is 1.65. The second kappa shape index (κ2) is 8.85. The van der Waals surface area contributed by atoms with Gasteiger partial charge in [0.2, 0.25) is 26.0 Å². The van der Waals surface area contributed by atoms with E-state index < -0.39 is 20.0 Å². The summed E-state index contributed by atoms with van der Waals surface area (Å²) in [6.45, 7) is 0.966. The Kier molecular flexibility index (Phi) is 6.58. The van der Waals surface area contributed by atoms with Crippen LogP contribution in [0.3, 0.4) is 0 Å². The van der Waals surface area contributed by atoms with Crippen LogP contribution in [-0.2, 0) is 27.1 Å². The lowest BCUT2D eigenvalue weighted by molar-refractivity contribution is 0.461. The molecule has 0 bridgehead atoms. The van der Waals surface area contributed by atoms with Gasteiger partial charge >= 0.3 is 0 Å². The van der Waals surface area contributed by atoms with Crippen molar-refractivity contribution >= 4 is 42.7 Å². The highest BCUT2D eigenvalue weighted by Gasteiger charge is 2.21. The van der Waals surface area contributed by atoms with E-state index in [2.05, 4.69) is 9.71 Å². The lowest BCUT2D eigenvalue weighted by Crippen LogP contribution is -2.31. The first-order valence-corrected chi connectivity index (χ1v) is 13.0. The fourth-order valence-corrected chi connectivity index (χ4v) is 5.09. The van der Waals surface area contributed by atoms with Crippen molar-refractivity contribution in [3.05, 3.63) is 48.5 Å². The highest BCUT2D eigenvalue weighted by molar-refractivity contribution is 7.92. The van der Waals surface area contributed by atoms with Crippen molar-refractivity contribution < 1.29 is 16.8 Å². The Labute approximate surface area is 183 Å². The fraction of sp³-hybridized carbons (Fsp3) is 0.350. The standard InChI is InChI=1S/C20H27N5O4S2/c1-23(20-21-18-8-5-6-9-19(18)25(20)3)14-7-15-24(2)31(28,29)17-12-10-16(11-13-17)22-30(4,26)27/h5-6,8-13,22H,7,14-15H2,1-4H3. The van der Waals surface area contributed by atoms with Crippen LogP contribution in [0.15, 0.2) is 53.4 Å². The largest absolute Gasteiger partial charge is 0.345 e. The van der Waals surface area contributed by atoms with Crippen LogP contribution in [0.25, 0.3) is 11.0 Å². The molecular formula is C20H27N5O4S2. The van der Waals surface area contributed by atoms with Crippen molar-refractivity contribution in [3.8, 4) is 0 Å². The van der Waals surface area contributed by atoms with Gasteiger partial charge in [0, 0.05) is 39.9 Å². The molecule has 0 spiro atoms. The summed E-state index contributed by atoms with van der Waals surface area (Å²) in [4.78, 5) is 6.76. The molecule has 0 unspecified atom stereocenters. The highest BCUT2D eigenvalue weighted by atomic mass is 32.2. The lowest BCUT2D eigenvalue weighted by Gasteiger charge is -2.21. The Balaban J connectivity index is 1.61. The highest BCUT2D eigenvalue weighted by Crippen LogP contribution is 2.21. The van der Waals surface area contributed by atoms with Gasteiger partial charge in [-0.3, -0.25) is 4.72 Å². The van der Waals surface area contributed by atoms with Crippen molar-refractivity contribution in [1.29, 1.82) is 0 Å². The van der Waals surface area contributed by atoms with Gasteiger partial charge in [-0.1, -0.05) is 12.1 Å². The van der Waals surface area contributed by atoms with E-state index in [-0.39, 0.29) is 4.90 Å². The maximum Gasteiger partial charge on any atom is 0.242 e. The zero-order valence-corrected chi connectivity index (χ0v) is 19.6. The van der Waals surface area contributed by atoms with Crippen LogP contribution in [0.4, 0.5) is 11.6 Å². The smallest absolute Gasteiger partial charge is 0.242 e. The minimum Gasteiger partial charge on any atom is -0.345 e. The minimum absolute atomic E-state index is 0.109. The predicted octanol–water partition coefficient (Wildman–Crippen LogP) is 2.09. The lowest BCUT2D eigenvalue weighted by atomic mass is 10.3. The molecule has 0 saturated heterocycles. The molecule has 3 aromatic rings. The second-order valence-electron chi connectivity index (χ2n) is 7.46. The van der Waals surface area contributed by atoms with Crippen molar-refractivity contribution in [2.45, 2.75) is 11.3 Å². The Morgan fingerprint density at radius 2 is 1.61 bits per heavy atom. The first-order valence-electron chi connectivity index (χ1n) is 9.66. The van der Waals surface area contributed by atoms with Gasteiger partial charge in [0.1, 0.15) is 0 Å². The van der Waals surface area contributed by atoms with E-state index in [0.717, 1.165) is 23.2 Å². The zero-order chi connectivity index (χ0) is 22.8. The van der Waals surface area contributed by atoms with Gasteiger partial charge in [0.05, 0.1) is 22.2 Å². The van der Waals surface area contributed by atoms with Crippen LogP contribution >= 0.6 is 0 Å². The van der Waals surface area contributed by atoms with Crippen molar-refractivity contribution in [3.63, 3.8) is 0 Å². The summed E-state index contributed by atoms with van der Waals surface area (Å²) in [7, 11) is -1.67. The molecule has 0 amide bonds. The number of sulfonamides is 2. The number of fused-ring (bicyclic) bond motifs is 1. The van der Waals surface area contributed by atoms with Crippen molar-refractivity contribution in [2.24, 2.45) is 7.05 Å². The van der Waals surface area contributed by atoms with Gasteiger partial charge in [-0.2, -0.15) is 0 Å². The third kappa shape index (κ3) is 5.35. The van der Waals surface area contributed by atoms with E-state index in [1.165, 1.54) is 35.6 Å². The summed E-state index contributed by atoms with van der Waals surface area (Å²) in [5.74, 6) is 0.820. The topological polar surface area (TPSA) is 105 Å². The first kappa shape index (κ1) is 23.0. The van der Waals surface area contributed by atoms with Crippen LogP contribution in [-0.4, -0.2) is 64.1 Å². The molecule has 3 rings (SSSR count). The summed E-state index contributed by atoms with van der Waals surface area (Å²) in [5.41, 5.74) is 2.27. The molecule has 1 heterocycles. The van der Waals surface area contributed by atoms with E-state index in [4.69, 9.17) is 0 Å². The molecule has 0 aliphatic carbocycles. The average Bonchev–Trinajstić information content (AvgIpc) is 3.04. The number of aryl methyl sites for hydroxylation is 1. The zero-order valence-electron chi connectivity index (χ0n) is 18.0. The van der Waals surface area contributed by atoms with Crippen LogP contribution in [0, 0.1) is 0 Å². The van der Waals surface area contributed by atoms with Gasteiger partial charge in [-0.25, -0.2) is 26.1 Å². The first-order chi connectivity index (χ1) is 14.5. The predicted molar refractivity (Wildman–Crippen MR) is 123 cm³/mol. The molecule has 9 nitrogen and oxygen atoms in total. The normalized spacial score (nSPS) is 12.4. The number of hydrogen-bond donors (Lipinski definition) is 1. The number of rotatable bonds is 9. The van der Waals surface area contributed by atoms with Crippen LogP contribution in [0.1, 0.15) is 6.42 Å². The van der Waals surface area contributed by atoms with Crippen molar-refractivity contribution in [2.75, 3.05) is 43.1 Å². The number of imidazole rings is 1. The van der Waals surface area contributed by atoms with Gasteiger partial charge in [0.25, 0.3) is 0 Å². The van der Waals surface area contributed by atoms with E-state index >= 15 is 0 Å². The Bertz CT molecular complexity index is 1270. The molecule has 0 radical (unpaired) electrons. The summed E-state index contributed by atoms with van der Waals surface area (Å²) in [5, 5.41) is 0. The molecule has 168 valence electrons. The third-order valence-corrected chi connectivity index (χ3v) is 7.41. The molecule has 0 aliphatic rings. The molecule has 0 fully saturated rings. The number of anilines is 2. The van der Waals surface area contributed by atoms with Gasteiger partial charge in [-0.05, 0) is 42.8 Å². The molecule has 11 heteroatoms. The van der Waals surface area contributed by atoms with Crippen LogP contribution in [0.5, 0.6) is 0 Å². The number of hydrogen-bond acceptors (Lipinski definition) is 6. The Morgan fingerprint density at radius 1 is 0.968 bits per heavy atom. The van der Waals surface area contributed by atoms with Gasteiger partial charge in [-0.15, -0.1) is 0 Å². The molecule has 0 atom stereocenters. The quantitative estimate of drug-likeness (QED) is 0.519. The van der Waals surface area contributed by atoms with E-state index in [1.807, 2.05) is 47.8 Å². The van der Waals surface area contributed by atoms with Gasteiger partial charge in [0.15, 0.2) is 0 Å². The monoisotopic (exact) mass is 465 g/mol. The maximum absolute atomic E-state index is 12.8. The summed E-state index contributed by atoms with van der Waals surface area (Å²) in [6, 6.07) is 13.5. The maximum atomic E-state index is 12.8. The Hall–Kier alpha value is -2.63. The van der Waals surface area contributed by atoms with Crippen LogP contribution in [0.2, 0.25) is 0 Å². The number of benzene rings is 2. The molecule has 0 aliphatic heterocycles. The fourth-order valence-electron chi connectivity index (χ4n) is 3.31. The number of nitrogens with zero attached hydrogens (tertiary/aromatic N) is 4. The van der Waals surface area contributed by atoms with E-state index in [9.17, 15) is 16.8 Å². The third-order valence-electron chi connectivity index (χ3n) is 4.94. The summed E-state index contributed by atoms with van der Waals surface area (Å²) < 4.78 is 53.8. The molecule has 0 saturated carbocycles. The molecular weight excluding hydrogens is 438 g/mol. The van der Waals surface area contributed by atoms with Crippen molar-refractivity contribution in [1.82, 2.24) is 13.9 Å². The number of aromatic nitrogens is 2. The van der Waals surface area contributed by atoms with Gasteiger partial charge < -0.3 is 9.47 Å². The molecule has 1 aromatic heterocycles. The molecule has 2 aromatic carbocycles. The van der Waals surface area contributed by atoms with Crippen LogP contribution < -0.4 is 9.62 Å². The average molecular weight is 466 g/mol. The molecule has 1 N–H and O–H groups in total. The SMILES string of the molecule is CN(CCCN(C)S(=O)(=O)c1ccc(NS(C)(=O)=O)cc1)c1nc2ccccc2n1C. The summed E-state index contributed by atoms with van der Waals surface area (Å²) >= 11 is 0. The second-order valence-corrected chi connectivity index (χ2v) is 11.3. The number of para-hydroxylation sites is 2. The minimum atomic E-state index is -3.67. The number of nitrogens with one attached hydrogen (secondary N) is 1. The Morgan fingerprint density at radius 3 is 2.23 bits per heavy atom. The van der Waals surface area contributed by atoms with E-state index in [0.29, 0.717) is 25.2 Å². The van der Waals surface area contributed by atoms with E-state index in [1.54, 1.807) is 0 Å².